The Morgan fingerprint density at radius 3 is 2.56 bits per heavy atom. The van der Waals surface area contributed by atoms with Crippen LogP contribution in [0.1, 0.15) is 15.2 Å². The average molecular weight is 454 g/mol. The second-order valence-corrected chi connectivity index (χ2v) is 7.79. The molecule has 0 aliphatic carbocycles. The number of nitrogens with one attached hydrogen (secondary N) is 1. The molecular formula is C12H8Br3NOS. The molecule has 0 atom stereocenters. The smallest absolute Gasteiger partial charge is 0.265 e. The fraction of sp³-hybridized carbons (Fsp3) is 0.0833. The Labute approximate surface area is 134 Å². The molecule has 1 heterocycles. The average Bonchev–Trinajstić information content (AvgIpc) is 2.64. The lowest BCUT2D eigenvalue weighted by Crippen LogP contribution is -2.11. The maximum Gasteiger partial charge on any atom is 0.265 e. The molecule has 2 aromatic rings. The summed E-state index contributed by atoms with van der Waals surface area (Å²) in [5.74, 6) is -0.104. The molecule has 2 nitrogen and oxygen atoms in total. The molecule has 0 aliphatic rings. The molecule has 0 radical (unpaired) electrons. The minimum absolute atomic E-state index is 0.104. The summed E-state index contributed by atoms with van der Waals surface area (Å²) in [5.41, 5.74) is 1.84. The first-order valence-corrected chi connectivity index (χ1v) is 8.19. The third-order valence-electron chi connectivity index (χ3n) is 2.32. The lowest BCUT2D eigenvalue weighted by molar-refractivity contribution is 0.103. The van der Waals surface area contributed by atoms with Crippen molar-refractivity contribution in [2.75, 3.05) is 5.32 Å². The lowest BCUT2D eigenvalue weighted by atomic mass is 10.2. The molecule has 1 aromatic carbocycles. The van der Waals surface area contributed by atoms with E-state index in [2.05, 4.69) is 53.1 Å². The Morgan fingerprint density at radius 2 is 1.94 bits per heavy atom. The van der Waals surface area contributed by atoms with Gasteiger partial charge in [-0.15, -0.1) is 11.3 Å². The van der Waals surface area contributed by atoms with Crippen molar-refractivity contribution in [3.05, 3.63) is 47.4 Å². The number of aryl methyl sites for hydroxylation is 1. The maximum atomic E-state index is 12.1. The number of amides is 1. The summed E-state index contributed by atoms with van der Waals surface area (Å²) < 4.78 is 2.75. The van der Waals surface area contributed by atoms with Gasteiger partial charge in [-0.25, -0.2) is 0 Å². The molecule has 1 N–H and O–H groups in total. The SMILES string of the molecule is Cc1ccc(Br)cc1NC(=O)c1cc(Br)c(Br)s1. The van der Waals surface area contributed by atoms with Gasteiger partial charge in [0, 0.05) is 14.6 Å². The van der Waals surface area contributed by atoms with Gasteiger partial charge < -0.3 is 5.32 Å². The van der Waals surface area contributed by atoms with Crippen molar-refractivity contribution >= 4 is 70.7 Å². The number of rotatable bonds is 2. The normalized spacial score (nSPS) is 10.4. The van der Waals surface area contributed by atoms with Gasteiger partial charge in [-0.2, -0.15) is 0 Å². The predicted molar refractivity (Wildman–Crippen MR) is 86.6 cm³/mol. The van der Waals surface area contributed by atoms with Crippen LogP contribution in [-0.4, -0.2) is 5.91 Å². The summed E-state index contributed by atoms with van der Waals surface area (Å²) in [5, 5.41) is 2.91. The van der Waals surface area contributed by atoms with Crippen molar-refractivity contribution in [2.24, 2.45) is 0 Å². The Bertz CT molecular complexity index is 590. The summed E-state index contributed by atoms with van der Waals surface area (Å²) in [6.07, 6.45) is 0. The van der Waals surface area contributed by atoms with E-state index in [1.165, 1.54) is 11.3 Å². The highest BCUT2D eigenvalue weighted by Gasteiger charge is 2.13. The Morgan fingerprint density at radius 1 is 1.22 bits per heavy atom. The first kappa shape index (κ1) is 14.2. The van der Waals surface area contributed by atoms with Crippen molar-refractivity contribution in [1.29, 1.82) is 0 Å². The Balaban J connectivity index is 2.23. The van der Waals surface area contributed by atoms with Crippen LogP contribution in [0.4, 0.5) is 5.69 Å². The highest BCUT2D eigenvalue weighted by atomic mass is 79.9. The highest BCUT2D eigenvalue weighted by Crippen LogP contribution is 2.33. The highest BCUT2D eigenvalue weighted by molar-refractivity contribution is 9.13. The van der Waals surface area contributed by atoms with Crippen LogP contribution in [0.25, 0.3) is 0 Å². The zero-order valence-corrected chi connectivity index (χ0v) is 14.8. The fourth-order valence-corrected chi connectivity index (χ4v) is 3.66. The van der Waals surface area contributed by atoms with Crippen LogP contribution in [0.5, 0.6) is 0 Å². The molecular weight excluding hydrogens is 446 g/mol. The summed E-state index contributed by atoms with van der Waals surface area (Å²) in [6, 6.07) is 7.60. The van der Waals surface area contributed by atoms with E-state index in [1.54, 1.807) is 6.07 Å². The quantitative estimate of drug-likeness (QED) is 0.630. The van der Waals surface area contributed by atoms with Crippen LogP contribution < -0.4 is 5.32 Å². The minimum Gasteiger partial charge on any atom is -0.321 e. The maximum absolute atomic E-state index is 12.1. The molecule has 0 saturated heterocycles. The second kappa shape index (κ2) is 5.86. The number of benzene rings is 1. The van der Waals surface area contributed by atoms with Gasteiger partial charge in [0.25, 0.3) is 5.91 Å². The van der Waals surface area contributed by atoms with E-state index in [0.717, 1.165) is 24.0 Å². The number of carbonyl (C=O) groups is 1. The van der Waals surface area contributed by atoms with Gasteiger partial charge in [0.1, 0.15) is 0 Å². The van der Waals surface area contributed by atoms with Crippen molar-refractivity contribution in [3.8, 4) is 0 Å². The summed E-state index contributed by atoms with van der Waals surface area (Å²) >= 11 is 11.5. The molecule has 0 spiro atoms. The van der Waals surface area contributed by atoms with Gasteiger partial charge in [0.05, 0.1) is 8.66 Å². The fourth-order valence-electron chi connectivity index (χ4n) is 1.37. The van der Waals surface area contributed by atoms with Crippen LogP contribution in [-0.2, 0) is 0 Å². The number of hydrogen-bond acceptors (Lipinski definition) is 2. The van der Waals surface area contributed by atoms with E-state index in [9.17, 15) is 4.79 Å². The zero-order chi connectivity index (χ0) is 13.3. The van der Waals surface area contributed by atoms with Crippen LogP contribution >= 0.6 is 59.1 Å². The molecule has 0 fully saturated rings. The number of hydrogen-bond donors (Lipinski definition) is 1. The van der Waals surface area contributed by atoms with Crippen molar-refractivity contribution in [1.82, 2.24) is 0 Å². The Hall–Kier alpha value is -0.170. The number of carbonyl (C=O) groups excluding carboxylic acids is 1. The lowest BCUT2D eigenvalue weighted by Gasteiger charge is -2.07. The summed E-state index contributed by atoms with van der Waals surface area (Å²) in [7, 11) is 0. The van der Waals surface area contributed by atoms with Gasteiger partial charge in [-0.1, -0.05) is 22.0 Å². The van der Waals surface area contributed by atoms with Gasteiger partial charge in [-0.3, -0.25) is 4.79 Å². The topological polar surface area (TPSA) is 29.1 Å². The van der Waals surface area contributed by atoms with Crippen molar-refractivity contribution in [3.63, 3.8) is 0 Å². The number of anilines is 1. The van der Waals surface area contributed by atoms with Gasteiger partial charge in [-0.05, 0) is 62.5 Å². The second-order valence-electron chi connectivity index (χ2n) is 3.65. The molecule has 94 valence electrons. The summed E-state index contributed by atoms with van der Waals surface area (Å²) in [4.78, 5) is 12.7. The van der Waals surface area contributed by atoms with Crippen LogP contribution in [0, 0.1) is 6.92 Å². The molecule has 0 saturated carbocycles. The third-order valence-corrected chi connectivity index (χ3v) is 6.07. The third kappa shape index (κ3) is 3.23. The van der Waals surface area contributed by atoms with E-state index < -0.39 is 0 Å². The van der Waals surface area contributed by atoms with Crippen molar-refractivity contribution < 1.29 is 4.79 Å². The summed E-state index contributed by atoms with van der Waals surface area (Å²) in [6.45, 7) is 1.96. The van der Waals surface area contributed by atoms with Crippen LogP contribution in [0.15, 0.2) is 37.0 Å². The van der Waals surface area contributed by atoms with Gasteiger partial charge in [0.15, 0.2) is 0 Å². The van der Waals surface area contributed by atoms with Gasteiger partial charge in [0.2, 0.25) is 0 Å². The van der Waals surface area contributed by atoms with Gasteiger partial charge >= 0.3 is 0 Å². The molecule has 1 amide bonds. The predicted octanol–water partition coefficient (Wildman–Crippen LogP) is 5.60. The molecule has 18 heavy (non-hydrogen) atoms. The first-order chi connectivity index (χ1) is 8.47. The zero-order valence-electron chi connectivity index (χ0n) is 9.26. The molecule has 2 rings (SSSR count). The Kier molecular flexibility index (Phi) is 4.64. The molecule has 0 aliphatic heterocycles. The molecule has 6 heteroatoms. The number of halogens is 3. The molecule has 0 unspecified atom stereocenters. The number of thiophene rings is 1. The van der Waals surface area contributed by atoms with Crippen molar-refractivity contribution in [2.45, 2.75) is 6.92 Å². The van der Waals surface area contributed by atoms with E-state index >= 15 is 0 Å². The largest absolute Gasteiger partial charge is 0.321 e. The first-order valence-electron chi connectivity index (χ1n) is 4.99. The van der Waals surface area contributed by atoms with E-state index in [-0.39, 0.29) is 5.91 Å². The monoisotopic (exact) mass is 451 g/mol. The standard InChI is InChI=1S/C12H8Br3NOS/c1-6-2-3-7(13)4-9(6)16-12(17)10-5-8(14)11(15)18-10/h2-5H,1H3,(H,16,17). The van der Waals surface area contributed by atoms with Crippen LogP contribution in [0.3, 0.4) is 0 Å². The van der Waals surface area contributed by atoms with E-state index in [0.29, 0.717) is 4.88 Å². The van der Waals surface area contributed by atoms with E-state index in [1.807, 2.05) is 25.1 Å². The van der Waals surface area contributed by atoms with E-state index in [4.69, 9.17) is 0 Å². The minimum atomic E-state index is -0.104. The molecule has 1 aromatic heterocycles. The van der Waals surface area contributed by atoms with Crippen LogP contribution in [0.2, 0.25) is 0 Å². The molecule has 0 bridgehead atoms.